The first-order valence-electron chi connectivity index (χ1n) is 7.90. The lowest BCUT2D eigenvalue weighted by atomic mass is 10.0. The summed E-state index contributed by atoms with van der Waals surface area (Å²) in [5, 5.41) is 9.03. The first kappa shape index (κ1) is 29.9. The second kappa shape index (κ2) is 12.3. The van der Waals surface area contributed by atoms with Crippen LogP contribution in [0.5, 0.6) is 0 Å². The average molecular weight is 516 g/mol. The average Bonchev–Trinajstić information content (AvgIpc) is 2.59. The fourth-order valence-corrected chi connectivity index (χ4v) is 4.90. The Balaban J connectivity index is 5.11. The summed E-state index contributed by atoms with van der Waals surface area (Å²) in [4.78, 5) is 47.1. The fourth-order valence-electron chi connectivity index (χ4n) is 1.81. The van der Waals surface area contributed by atoms with Gasteiger partial charge < -0.3 is 40.3 Å². The standard InChI is InChI=1S/C11H24FN4O12P3/c1-16(5-9(12)10(14)15-8-17)4-3-11(6-13,25-2)7-26-30(21,22)28-31(23,24)27-29(18,19)20/h5,8H,3-4,6-7,13H2,1-2H3,(H,21,22)(H,23,24)(H2,14,15,17)(H2,18,19,20)/b9-5+/t11-/m1/s1. The molecule has 8 N–H and O–H groups in total. The quantitative estimate of drug-likeness (QED) is 0.0629. The molecule has 182 valence electrons. The Bertz CT molecular complexity index is 801. The Morgan fingerprint density at radius 1 is 1.23 bits per heavy atom. The molecule has 0 aromatic carbocycles. The lowest BCUT2D eigenvalue weighted by Gasteiger charge is -2.32. The molecule has 0 saturated heterocycles. The van der Waals surface area contributed by atoms with Gasteiger partial charge >= 0.3 is 23.5 Å². The number of methoxy groups -OCH3 is 1. The van der Waals surface area contributed by atoms with E-state index in [0.717, 1.165) is 13.3 Å². The molecule has 0 spiro atoms. The zero-order valence-electron chi connectivity index (χ0n) is 16.3. The summed E-state index contributed by atoms with van der Waals surface area (Å²) in [7, 11) is -14.0. The Kier molecular flexibility index (Phi) is 11.8. The molecule has 0 heterocycles. The first-order chi connectivity index (χ1) is 14.0. The lowest BCUT2D eigenvalue weighted by Crippen LogP contribution is -2.46. The molecule has 16 nitrogen and oxygen atoms in total. The van der Waals surface area contributed by atoms with E-state index in [0.29, 0.717) is 0 Å². The van der Waals surface area contributed by atoms with Crippen molar-refractivity contribution in [2.24, 2.45) is 5.73 Å². The molecular formula is C11H24FN4O12P3. The Hall–Kier alpha value is -1.06. The van der Waals surface area contributed by atoms with Crippen molar-refractivity contribution in [1.82, 2.24) is 10.2 Å². The van der Waals surface area contributed by atoms with Crippen molar-refractivity contribution < 1.29 is 60.3 Å². The van der Waals surface area contributed by atoms with E-state index in [1.54, 1.807) is 0 Å². The molecule has 0 aliphatic rings. The van der Waals surface area contributed by atoms with Crippen molar-refractivity contribution in [2.45, 2.75) is 12.0 Å². The van der Waals surface area contributed by atoms with Crippen LogP contribution in [-0.4, -0.2) is 76.2 Å². The van der Waals surface area contributed by atoms with E-state index in [9.17, 15) is 27.8 Å². The van der Waals surface area contributed by atoms with Crippen molar-refractivity contribution in [2.75, 3.05) is 33.9 Å². The van der Waals surface area contributed by atoms with Crippen LogP contribution in [0.4, 0.5) is 4.39 Å². The topological polar surface area (TPSA) is 251 Å². The summed E-state index contributed by atoms with van der Waals surface area (Å²) in [6.45, 7) is -1.12. The fraction of sp³-hybridized carbons (Fsp3) is 0.636. The highest BCUT2D eigenvalue weighted by atomic mass is 31.3. The van der Waals surface area contributed by atoms with Crippen LogP contribution in [-0.2, 0) is 36.4 Å². The van der Waals surface area contributed by atoms with Gasteiger partial charge in [-0.2, -0.15) is 8.62 Å². The molecule has 0 aliphatic heterocycles. The van der Waals surface area contributed by atoms with E-state index in [1.165, 1.54) is 11.9 Å². The summed E-state index contributed by atoms with van der Waals surface area (Å²) in [6, 6.07) is 0. The predicted molar refractivity (Wildman–Crippen MR) is 102 cm³/mol. The highest BCUT2D eigenvalue weighted by molar-refractivity contribution is 7.66. The number of phosphoric acid groups is 3. The normalized spacial score (nSPS) is 18.4. The van der Waals surface area contributed by atoms with Crippen molar-refractivity contribution in [3.8, 4) is 0 Å². The number of nitrogens with zero attached hydrogens (tertiary/aromatic N) is 1. The van der Waals surface area contributed by atoms with E-state index >= 15 is 0 Å². The van der Waals surface area contributed by atoms with Gasteiger partial charge in [-0.3, -0.25) is 14.7 Å². The third-order valence-corrected chi connectivity index (χ3v) is 7.19. The summed E-state index contributed by atoms with van der Waals surface area (Å²) in [5.74, 6) is -1.86. The van der Waals surface area contributed by atoms with Crippen molar-refractivity contribution >= 4 is 35.7 Å². The predicted octanol–water partition coefficient (Wildman–Crippen LogP) is -0.470. The van der Waals surface area contributed by atoms with Gasteiger partial charge in [0.1, 0.15) is 5.60 Å². The van der Waals surface area contributed by atoms with Crippen LogP contribution in [0.25, 0.3) is 0 Å². The maximum absolute atomic E-state index is 13.7. The van der Waals surface area contributed by atoms with E-state index in [2.05, 4.69) is 13.1 Å². The highest BCUT2D eigenvalue weighted by Gasteiger charge is 2.42. The molecule has 0 aromatic rings. The van der Waals surface area contributed by atoms with Crippen LogP contribution in [0.15, 0.2) is 12.0 Å². The second-order valence-electron chi connectivity index (χ2n) is 5.80. The van der Waals surface area contributed by atoms with E-state index in [4.69, 9.17) is 30.6 Å². The van der Waals surface area contributed by atoms with Gasteiger partial charge in [0.2, 0.25) is 6.41 Å². The highest BCUT2D eigenvalue weighted by Crippen LogP contribution is 2.66. The molecule has 20 heteroatoms. The number of ether oxygens (including phenoxy) is 1. The number of nitrogens with one attached hydrogen (secondary N) is 2. The molecular weight excluding hydrogens is 492 g/mol. The molecule has 0 saturated carbocycles. The Morgan fingerprint density at radius 2 is 1.81 bits per heavy atom. The molecule has 0 fully saturated rings. The molecule has 0 bridgehead atoms. The van der Waals surface area contributed by atoms with Crippen molar-refractivity contribution in [3.05, 3.63) is 12.0 Å². The van der Waals surface area contributed by atoms with E-state index in [-0.39, 0.29) is 25.9 Å². The summed E-state index contributed by atoms with van der Waals surface area (Å²) in [6.07, 6.45) is 0.922. The number of nitrogens with two attached hydrogens (primary N) is 1. The van der Waals surface area contributed by atoms with Crippen LogP contribution in [0, 0.1) is 5.41 Å². The monoisotopic (exact) mass is 516 g/mol. The van der Waals surface area contributed by atoms with Gasteiger partial charge in [-0.1, -0.05) is 0 Å². The van der Waals surface area contributed by atoms with Crippen LogP contribution in [0.3, 0.4) is 0 Å². The van der Waals surface area contributed by atoms with Crippen molar-refractivity contribution in [1.29, 1.82) is 5.41 Å². The van der Waals surface area contributed by atoms with Gasteiger partial charge in [-0.15, -0.1) is 0 Å². The molecule has 3 atom stereocenters. The SMILES string of the molecule is CO[C@@](CN)(CCN(C)/C=C(/F)C(=N)NC=O)COP(=O)(O)OP(=O)(O)OP(=O)(O)O. The van der Waals surface area contributed by atoms with Crippen LogP contribution in [0.1, 0.15) is 6.42 Å². The molecule has 0 rings (SSSR count). The molecule has 0 aliphatic carbocycles. The second-order valence-corrected chi connectivity index (χ2v) is 10.2. The summed E-state index contributed by atoms with van der Waals surface area (Å²) in [5.41, 5.74) is 4.11. The number of amides is 1. The van der Waals surface area contributed by atoms with Gasteiger partial charge in [0.15, 0.2) is 11.7 Å². The van der Waals surface area contributed by atoms with Gasteiger partial charge in [-0.25, -0.2) is 18.1 Å². The Morgan fingerprint density at radius 3 is 2.26 bits per heavy atom. The number of amidine groups is 1. The molecule has 1 amide bonds. The zero-order chi connectivity index (χ0) is 24.5. The van der Waals surface area contributed by atoms with Crippen LogP contribution < -0.4 is 11.1 Å². The van der Waals surface area contributed by atoms with Gasteiger partial charge in [0.05, 0.1) is 6.61 Å². The zero-order valence-corrected chi connectivity index (χ0v) is 19.0. The Labute approximate surface area is 176 Å². The lowest BCUT2D eigenvalue weighted by molar-refractivity contribution is -0.108. The molecule has 2 unspecified atom stereocenters. The summed E-state index contributed by atoms with van der Waals surface area (Å²) >= 11 is 0. The van der Waals surface area contributed by atoms with Crippen LogP contribution >= 0.6 is 23.5 Å². The maximum atomic E-state index is 13.7. The number of phosphoric ester groups is 1. The number of rotatable bonds is 15. The number of hydrogen-bond donors (Lipinski definition) is 7. The van der Waals surface area contributed by atoms with Gasteiger partial charge in [-0.05, 0) is 6.42 Å². The minimum absolute atomic E-state index is 0.00735. The molecule has 0 radical (unpaired) electrons. The van der Waals surface area contributed by atoms with E-state index in [1.807, 2.05) is 5.32 Å². The van der Waals surface area contributed by atoms with Gasteiger partial charge in [0, 0.05) is 33.4 Å². The molecule has 31 heavy (non-hydrogen) atoms. The van der Waals surface area contributed by atoms with E-state index < -0.39 is 47.3 Å². The smallest absolute Gasteiger partial charge is 0.378 e. The number of carbonyl (C=O) groups is 1. The third kappa shape index (κ3) is 12.5. The largest absolute Gasteiger partial charge is 0.490 e. The molecule has 0 aromatic heterocycles. The van der Waals surface area contributed by atoms with Crippen molar-refractivity contribution in [3.63, 3.8) is 0 Å². The third-order valence-electron chi connectivity index (χ3n) is 3.41. The maximum Gasteiger partial charge on any atom is 0.490 e. The minimum atomic E-state index is -5.68. The summed E-state index contributed by atoms with van der Waals surface area (Å²) < 4.78 is 64.4. The number of hydrogen-bond acceptors (Lipinski definition) is 11. The number of halogens is 1. The minimum Gasteiger partial charge on any atom is -0.378 e. The number of carbonyl (C=O) groups excluding carboxylic acids is 1. The van der Waals surface area contributed by atoms with Crippen LogP contribution in [0.2, 0.25) is 0 Å². The first-order valence-corrected chi connectivity index (χ1v) is 12.4. The van der Waals surface area contributed by atoms with Gasteiger partial charge in [0.25, 0.3) is 0 Å².